The molecular formula is C12H16ClF3N2OS. The highest BCUT2D eigenvalue weighted by atomic mass is 35.5. The predicted molar refractivity (Wildman–Crippen MR) is 76.5 cm³/mol. The van der Waals surface area contributed by atoms with Crippen LogP contribution in [0.5, 0.6) is 0 Å². The van der Waals surface area contributed by atoms with E-state index in [9.17, 15) is 18.0 Å². The zero-order valence-corrected chi connectivity index (χ0v) is 12.4. The van der Waals surface area contributed by atoms with Gasteiger partial charge in [-0.05, 0) is 42.6 Å². The predicted octanol–water partition coefficient (Wildman–Crippen LogP) is 3.06. The zero-order chi connectivity index (χ0) is 14.3. The molecule has 0 aromatic heterocycles. The van der Waals surface area contributed by atoms with Crippen LogP contribution in [0.4, 0.5) is 13.2 Å². The van der Waals surface area contributed by atoms with Crippen molar-refractivity contribution in [2.24, 2.45) is 0 Å². The largest absolute Gasteiger partial charge is 0.446 e. The van der Waals surface area contributed by atoms with E-state index in [4.69, 9.17) is 0 Å². The van der Waals surface area contributed by atoms with Gasteiger partial charge in [0, 0.05) is 23.5 Å². The van der Waals surface area contributed by atoms with Crippen LogP contribution in [0.3, 0.4) is 0 Å². The van der Waals surface area contributed by atoms with Gasteiger partial charge in [0.2, 0.25) is 0 Å². The van der Waals surface area contributed by atoms with E-state index in [1.54, 1.807) is 0 Å². The van der Waals surface area contributed by atoms with Gasteiger partial charge < -0.3 is 10.6 Å². The van der Waals surface area contributed by atoms with E-state index < -0.39 is 5.51 Å². The maximum atomic E-state index is 12.1. The van der Waals surface area contributed by atoms with Gasteiger partial charge in [-0.15, -0.1) is 12.4 Å². The van der Waals surface area contributed by atoms with Crippen LogP contribution in [-0.2, 0) is 0 Å². The Morgan fingerprint density at radius 3 is 2.30 bits per heavy atom. The van der Waals surface area contributed by atoms with Gasteiger partial charge in [0.25, 0.3) is 5.91 Å². The highest BCUT2D eigenvalue weighted by Gasteiger charge is 2.29. The van der Waals surface area contributed by atoms with Crippen molar-refractivity contribution in [2.75, 3.05) is 19.6 Å². The minimum atomic E-state index is -4.31. The molecule has 0 saturated carbocycles. The molecule has 3 nitrogen and oxygen atoms in total. The van der Waals surface area contributed by atoms with E-state index in [2.05, 4.69) is 10.6 Å². The van der Waals surface area contributed by atoms with E-state index in [1.807, 2.05) is 6.92 Å². The summed E-state index contributed by atoms with van der Waals surface area (Å²) in [5.74, 6) is -0.290. The Bertz CT molecular complexity index is 412. The van der Waals surface area contributed by atoms with Crippen LogP contribution in [0.2, 0.25) is 0 Å². The van der Waals surface area contributed by atoms with Gasteiger partial charge in [-0.2, -0.15) is 13.2 Å². The lowest BCUT2D eigenvalue weighted by Gasteiger charge is -2.07. The first kappa shape index (κ1) is 19.1. The molecule has 8 heteroatoms. The molecule has 0 fully saturated rings. The van der Waals surface area contributed by atoms with Crippen LogP contribution >= 0.6 is 24.2 Å². The number of hydrogen-bond acceptors (Lipinski definition) is 3. The normalized spacial score (nSPS) is 10.8. The molecule has 0 aliphatic rings. The smallest absolute Gasteiger partial charge is 0.351 e. The van der Waals surface area contributed by atoms with Crippen molar-refractivity contribution < 1.29 is 18.0 Å². The van der Waals surface area contributed by atoms with Crippen molar-refractivity contribution in [1.29, 1.82) is 0 Å². The third-order valence-corrected chi connectivity index (χ3v) is 2.93. The summed E-state index contributed by atoms with van der Waals surface area (Å²) < 4.78 is 36.3. The van der Waals surface area contributed by atoms with Crippen molar-refractivity contribution in [2.45, 2.75) is 17.3 Å². The third-order valence-electron chi connectivity index (χ3n) is 2.19. The van der Waals surface area contributed by atoms with Gasteiger partial charge in [-0.1, -0.05) is 6.92 Å². The summed E-state index contributed by atoms with van der Waals surface area (Å²) in [5, 5.41) is 5.72. The van der Waals surface area contributed by atoms with Crippen molar-refractivity contribution in [1.82, 2.24) is 10.6 Å². The van der Waals surface area contributed by atoms with Crippen LogP contribution in [0.25, 0.3) is 0 Å². The fourth-order valence-electron chi connectivity index (χ4n) is 1.35. The molecule has 2 N–H and O–H groups in total. The topological polar surface area (TPSA) is 41.1 Å². The van der Waals surface area contributed by atoms with Gasteiger partial charge in [0.1, 0.15) is 0 Å². The van der Waals surface area contributed by atoms with Crippen LogP contribution in [0, 0.1) is 0 Å². The molecule has 1 aromatic rings. The molecule has 0 heterocycles. The number of amides is 1. The molecule has 0 spiro atoms. The van der Waals surface area contributed by atoms with Crippen molar-refractivity contribution in [3.8, 4) is 0 Å². The average Bonchev–Trinajstić information content (AvgIpc) is 2.33. The second-order valence-corrected chi connectivity index (χ2v) is 4.82. The fraction of sp³-hybridized carbons (Fsp3) is 0.417. The van der Waals surface area contributed by atoms with E-state index in [0.717, 1.165) is 6.54 Å². The monoisotopic (exact) mass is 328 g/mol. The Morgan fingerprint density at radius 1 is 1.20 bits per heavy atom. The summed E-state index contributed by atoms with van der Waals surface area (Å²) in [6.07, 6.45) is 0. The summed E-state index contributed by atoms with van der Waals surface area (Å²) in [7, 11) is 0. The summed E-state index contributed by atoms with van der Waals surface area (Å²) in [6.45, 7) is 3.91. The van der Waals surface area contributed by atoms with Gasteiger partial charge in [0.15, 0.2) is 0 Å². The number of likely N-dealkylation sites (N-methyl/N-ethyl adjacent to an activating group) is 1. The zero-order valence-electron chi connectivity index (χ0n) is 10.8. The quantitative estimate of drug-likeness (QED) is 0.623. The van der Waals surface area contributed by atoms with Crippen LogP contribution in [0.15, 0.2) is 29.2 Å². The molecule has 0 aliphatic heterocycles. The lowest BCUT2D eigenvalue weighted by molar-refractivity contribution is -0.0328. The standard InChI is InChI=1S/C12H15F3N2OS.ClH/c1-2-16-7-8-17-11(18)9-3-5-10(6-4-9)19-12(13,14)15;/h3-6,16H,2,7-8H2,1H3,(H,17,18);1H. The maximum Gasteiger partial charge on any atom is 0.446 e. The van der Waals surface area contributed by atoms with Crippen molar-refractivity contribution in [3.63, 3.8) is 0 Å². The molecule has 0 saturated heterocycles. The van der Waals surface area contributed by atoms with Crippen LogP contribution in [-0.4, -0.2) is 31.0 Å². The number of hydrogen-bond donors (Lipinski definition) is 2. The number of thioether (sulfide) groups is 1. The number of halogens is 4. The second-order valence-electron chi connectivity index (χ2n) is 3.68. The minimum absolute atomic E-state index is 0. The Kier molecular flexibility index (Phi) is 8.68. The summed E-state index contributed by atoms with van der Waals surface area (Å²) in [4.78, 5) is 11.7. The summed E-state index contributed by atoms with van der Waals surface area (Å²) >= 11 is -0.196. The molecule has 0 bridgehead atoms. The number of nitrogens with one attached hydrogen (secondary N) is 2. The van der Waals surface area contributed by atoms with Gasteiger partial charge >= 0.3 is 5.51 Å². The minimum Gasteiger partial charge on any atom is -0.351 e. The maximum absolute atomic E-state index is 12.1. The molecule has 20 heavy (non-hydrogen) atoms. The fourth-order valence-corrected chi connectivity index (χ4v) is 1.89. The van der Waals surface area contributed by atoms with E-state index >= 15 is 0 Å². The Morgan fingerprint density at radius 2 is 1.80 bits per heavy atom. The van der Waals surface area contributed by atoms with Crippen molar-refractivity contribution >= 4 is 30.1 Å². The Hall–Kier alpha value is -0.920. The first-order valence-electron chi connectivity index (χ1n) is 5.77. The number of benzene rings is 1. The van der Waals surface area contributed by atoms with Gasteiger partial charge in [-0.25, -0.2) is 0 Å². The second kappa shape index (κ2) is 9.10. The first-order chi connectivity index (χ1) is 8.92. The SMILES string of the molecule is CCNCCNC(=O)c1ccc(SC(F)(F)F)cc1.Cl. The molecular weight excluding hydrogens is 313 g/mol. The third kappa shape index (κ3) is 7.62. The highest BCUT2D eigenvalue weighted by Crippen LogP contribution is 2.36. The highest BCUT2D eigenvalue weighted by molar-refractivity contribution is 8.00. The molecule has 0 atom stereocenters. The van der Waals surface area contributed by atoms with Gasteiger partial charge in [-0.3, -0.25) is 4.79 Å². The molecule has 1 amide bonds. The van der Waals surface area contributed by atoms with Crippen LogP contribution < -0.4 is 10.6 Å². The summed E-state index contributed by atoms with van der Waals surface area (Å²) in [6, 6.07) is 5.35. The number of carbonyl (C=O) groups excluding carboxylic acids is 1. The van der Waals surface area contributed by atoms with E-state index in [1.165, 1.54) is 24.3 Å². The molecule has 0 radical (unpaired) electrons. The Balaban J connectivity index is 0.00000361. The number of alkyl halides is 3. The van der Waals surface area contributed by atoms with Crippen LogP contribution in [0.1, 0.15) is 17.3 Å². The summed E-state index contributed by atoms with van der Waals surface area (Å²) in [5.41, 5.74) is -3.96. The average molecular weight is 329 g/mol. The number of rotatable bonds is 6. The first-order valence-corrected chi connectivity index (χ1v) is 6.58. The van der Waals surface area contributed by atoms with Gasteiger partial charge in [0.05, 0.1) is 0 Å². The lowest BCUT2D eigenvalue weighted by atomic mass is 10.2. The molecule has 1 rings (SSSR count). The molecule has 114 valence electrons. The molecule has 0 aliphatic carbocycles. The molecule has 1 aromatic carbocycles. The van der Waals surface area contributed by atoms with E-state index in [0.29, 0.717) is 18.7 Å². The Labute approximate surface area is 126 Å². The molecule has 0 unspecified atom stereocenters. The lowest BCUT2D eigenvalue weighted by Crippen LogP contribution is -2.31. The van der Waals surface area contributed by atoms with Crippen molar-refractivity contribution in [3.05, 3.63) is 29.8 Å². The number of carbonyl (C=O) groups is 1. The van der Waals surface area contributed by atoms with E-state index in [-0.39, 0.29) is 35.0 Å².